The van der Waals surface area contributed by atoms with Crippen LogP contribution in [0.15, 0.2) is 54.6 Å². The number of carbonyl (C=O) groups excluding carboxylic acids is 2. The number of nitrogens with one attached hydrogen (secondary N) is 1. The highest BCUT2D eigenvalue weighted by atomic mass is 35.5. The van der Waals surface area contributed by atoms with Crippen LogP contribution < -0.4 is 10.1 Å². The fraction of sp³-hybridized carbons (Fsp3) is 0.190. The van der Waals surface area contributed by atoms with E-state index in [0.29, 0.717) is 17.1 Å². The third-order valence-electron chi connectivity index (χ3n) is 4.30. The molecule has 0 aliphatic rings. The summed E-state index contributed by atoms with van der Waals surface area (Å²) in [4.78, 5) is 26.6. The Bertz CT molecular complexity index is 1030. The lowest BCUT2D eigenvalue weighted by Crippen LogP contribution is -2.35. The van der Waals surface area contributed by atoms with E-state index in [2.05, 4.69) is 10.4 Å². The average Bonchev–Trinajstić information content (AvgIpc) is 3.02. The van der Waals surface area contributed by atoms with Crippen molar-refractivity contribution in [2.45, 2.75) is 6.92 Å². The van der Waals surface area contributed by atoms with Crippen LogP contribution >= 0.6 is 11.6 Å². The molecule has 3 rings (SSSR count). The summed E-state index contributed by atoms with van der Waals surface area (Å²) in [7, 11) is 3.10. The Labute approximate surface area is 173 Å². The fourth-order valence-corrected chi connectivity index (χ4v) is 3.21. The molecule has 29 heavy (non-hydrogen) atoms. The van der Waals surface area contributed by atoms with E-state index in [1.54, 1.807) is 45.3 Å². The van der Waals surface area contributed by atoms with E-state index in [1.165, 1.54) is 9.58 Å². The molecule has 0 bridgehead atoms. The molecular formula is C21H21ClN4O3. The van der Waals surface area contributed by atoms with Crippen LogP contribution in [0, 0.1) is 6.92 Å². The first-order valence-electron chi connectivity index (χ1n) is 8.90. The maximum absolute atomic E-state index is 12.9. The van der Waals surface area contributed by atoms with Crippen LogP contribution in [-0.4, -0.2) is 47.2 Å². The molecule has 150 valence electrons. The van der Waals surface area contributed by atoms with Gasteiger partial charge in [-0.25, -0.2) is 4.68 Å². The Kier molecular flexibility index (Phi) is 6.19. The van der Waals surface area contributed by atoms with Crippen molar-refractivity contribution < 1.29 is 14.3 Å². The van der Waals surface area contributed by atoms with Crippen LogP contribution in [0.1, 0.15) is 16.1 Å². The van der Waals surface area contributed by atoms with Crippen LogP contribution in [0.4, 0.5) is 5.69 Å². The second-order valence-corrected chi connectivity index (χ2v) is 6.80. The van der Waals surface area contributed by atoms with Crippen molar-refractivity contribution in [1.29, 1.82) is 0 Å². The molecule has 7 nitrogen and oxygen atoms in total. The number of ether oxygens (including phenoxy) is 1. The molecule has 1 heterocycles. The maximum Gasteiger partial charge on any atom is 0.259 e. The summed E-state index contributed by atoms with van der Waals surface area (Å²) < 4.78 is 6.65. The van der Waals surface area contributed by atoms with E-state index in [-0.39, 0.29) is 29.1 Å². The largest absolute Gasteiger partial charge is 0.497 e. The number of halogens is 1. The SMILES string of the molecule is COc1cccc(NC(=O)CN(C)C(=O)c2c(C)nn(-c3ccccc3)c2Cl)c1. The van der Waals surface area contributed by atoms with Gasteiger partial charge in [-0.3, -0.25) is 9.59 Å². The van der Waals surface area contributed by atoms with Crippen molar-refractivity contribution in [3.8, 4) is 11.4 Å². The molecule has 0 atom stereocenters. The molecular weight excluding hydrogens is 392 g/mol. The van der Waals surface area contributed by atoms with Gasteiger partial charge in [0.15, 0.2) is 0 Å². The van der Waals surface area contributed by atoms with Gasteiger partial charge < -0.3 is 15.0 Å². The maximum atomic E-state index is 12.9. The minimum Gasteiger partial charge on any atom is -0.497 e. The molecule has 0 aliphatic heterocycles. The number of amides is 2. The van der Waals surface area contributed by atoms with Crippen molar-refractivity contribution >= 4 is 29.1 Å². The van der Waals surface area contributed by atoms with E-state index < -0.39 is 0 Å². The second-order valence-electron chi connectivity index (χ2n) is 6.44. The first-order chi connectivity index (χ1) is 13.9. The number of nitrogens with zero attached hydrogens (tertiary/aromatic N) is 3. The summed E-state index contributed by atoms with van der Waals surface area (Å²) in [6.07, 6.45) is 0. The number of rotatable bonds is 6. The smallest absolute Gasteiger partial charge is 0.259 e. The van der Waals surface area contributed by atoms with Gasteiger partial charge in [-0.05, 0) is 31.2 Å². The van der Waals surface area contributed by atoms with Gasteiger partial charge in [0, 0.05) is 18.8 Å². The molecule has 8 heteroatoms. The summed E-state index contributed by atoms with van der Waals surface area (Å²) >= 11 is 6.44. The van der Waals surface area contributed by atoms with Crippen LogP contribution in [0.3, 0.4) is 0 Å². The van der Waals surface area contributed by atoms with Crippen LogP contribution in [-0.2, 0) is 4.79 Å². The monoisotopic (exact) mass is 412 g/mol. The standard InChI is InChI=1S/C21H21ClN4O3/c1-14-19(20(22)26(24-14)16-9-5-4-6-10-16)21(28)25(2)13-18(27)23-15-8-7-11-17(12-15)29-3/h4-12H,13H2,1-3H3,(H,23,27). The zero-order chi connectivity index (χ0) is 21.0. The first-order valence-corrected chi connectivity index (χ1v) is 9.28. The van der Waals surface area contributed by atoms with Gasteiger partial charge in [0.05, 0.1) is 30.6 Å². The summed E-state index contributed by atoms with van der Waals surface area (Å²) in [5.41, 5.74) is 2.09. The number of para-hydroxylation sites is 1. The normalized spacial score (nSPS) is 10.5. The molecule has 0 radical (unpaired) electrons. The number of hydrogen-bond donors (Lipinski definition) is 1. The fourth-order valence-electron chi connectivity index (χ4n) is 2.86. The van der Waals surface area contributed by atoms with E-state index in [4.69, 9.17) is 16.3 Å². The van der Waals surface area contributed by atoms with Crippen molar-refractivity contribution in [3.05, 3.63) is 71.0 Å². The van der Waals surface area contributed by atoms with Gasteiger partial charge in [-0.1, -0.05) is 35.9 Å². The Morgan fingerprint density at radius 2 is 1.90 bits per heavy atom. The predicted molar refractivity (Wildman–Crippen MR) is 112 cm³/mol. The quantitative estimate of drug-likeness (QED) is 0.671. The third-order valence-corrected chi connectivity index (χ3v) is 4.65. The number of hydrogen-bond acceptors (Lipinski definition) is 4. The molecule has 0 saturated carbocycles. The van der Waals surface area contributed by atoms with Crippen LogP contribution in [0.25, 0.3) is 5.69 Å². The van der Waals surface area contributed by atoms with Crippen LogP contribution in [0.5, 0.6) is 5.75 Å². The third kappa shape index (κ3) is 4.57. The zero-order valence-corrected chi connectivity index (χ0v) is 17.1. The van der Waals surface area contributed by atoms with E-state index in [1.807, 2.05) is 30.3 Å². The van der Waals surface area contributed by atoms with Crippen LogP contribution in [0.2, 0.25) is 5.15 Å². The molecule has 3 aromatic rings. The van der Waals surface area contributed by atoms with Gasteiger partial charge in [-0.15, -0.1) is 0 Å². The minimum atomic E-state index is -0.379. The van der Waals surface area contributed by atoms with Gasteiger partial charge in [0.1, 0.15) is 10.9 Å². The molecule has 0 unspecified atom stereocenters. The molecule has 0 aliphatic carbocycles. The van der Waals surface area contributed by atoms with Crippen molar-refractivity contribution in [2.75, 3.05) is 26.0 Å². The lowest BCUT2D eigenvalue weighted by atomic mass is 10.2. The van der Waals surface area contributed by atoms with E-state index in [0.717, 1.165) is 5.69 Å². The molecule has 2 aromatic carbocycles. The van der Waals surface area contributed by atoms with Crippen molar-refractivity contribution in [3.63, 3.8) is 0 Å². The topological polar surface area (TPSA) is 76.5 Å². The minimum absolute atomic E-state index is 0.137. The number of methoxy groups -OCH3 is 1. The van der Waals surface area contributed by atoms with Gasteiger partial charge in [-0.2, -0.15) is 5.10 Å². The molecule has 1 N–H and O–H groups in total. The number of likely N-dealkylation sites (N-methyl/N-ethyl adjacent to an activating group) is 1. The Morgan fingerprint density at radius 1 is 1.17 bits per heavy atom. The number of aromatic nitrogens is 2. The average molecular weight is 413 g/mol. The lowest BCUT2D eigenvalue weighted by Gasteiger charge is -2.17. The van der Waals surface area contributed by atoms with Gasteiger partial charge in [0.2, 0.25) is 5.91 Å². The second kappa shape index (κ2) is 8.79. The highest BCUT2D eigenvalue weighted by Gasteiger charge is 2.25. The van der Waals surface area contributed by atoms with E-state index in [9.17, 15) is 9.59 Å². The highest BCUT2D eigenvalue weighted by molar-refractivity contribution is 6.33. The summed E-state index contributed by atoms with van der Waals surface area (Å²) in [6, 6.07) is 16.3. The predicted octanol–water partition coefficient (Wildman–Crippen LogP) is 3.55. The number of benzene rings is 2. The molecule has 0 saturated heterocycles. The van der Waals surface area contributed by atoms with Crippen molar-refractivity contribution in [2.24, 2.45) is 0 Å². The zero-order valence-electron chi connectivity index (χ0n) is 16.3. The highest BCUT2D eigenvalue weighted by Crippen LogP contribution is 2.24. The first kappa shape index (κ1) is 20.4. The van der Waals surface area contributed by atoms with E-state index >= 15 is 0 Å². The molecule has 2 amide bonds. The summed E-state index contributed by atoms with van der Waals surface area (Å²) in [6.45, 7) is 1.57. The Morgan fingerprint density at radius 3 is 2.59 bits per heavy atom. The summed E-state index contributed by atoms with van der Waals surface area (Å²) in [5, 5.41) is 7.33. The Balaban J connectivity index is 1.73. The molecule has 1 aromatic heterocycles. The number of aryl methyl sites for hydroxylation is 1. The summed E-state index contributed by atoms with van der Waals surface area (Å²) in [5.74, 6) is -0.0863. The van der Waals surface area contributed by atoms with Crippen molar-refractivity contribution in [1.82, 2.24) is 14.7 Å². The molecule has 0 spiro atoms. The van der Waals surface area contributed by atoms with Gasteiger partial charge >= 0.3 is 0 Å². The lowest BCUT2D eigenvalue weighted by molar-refractivity contribution is -0.116. The number of carbonyl (C=O) groups is 2. The van der Waals surface area contributed by atoms with Gasteiger partial charge in [0.25, 0.3) is 5.91 Å². The number of anilines is 1. The Hall–Kier alpha value is -3.32. The molecule has 0 fully saturated rings.